The Morgan fingerprint density at radius 2 is 1.88 bits per heavy atom. The lowest BCUT2D eigenvalue weighted by atomic mass is 10.0. The summed E-state index contributed by atoms with van der Waals surface area (Å²) in [6.07, 6.45) is -0.749. The van der Waals surface area contributed by atoms with Crippen LogP contribution in [0.2, 0.25) is 0 Å². The molecule has 2 unspecified atom stereocenters. The third-order valence-corrected chi connectivity index (χ3v) is 4.42. The zero-order valence-corrected chi connectivity index (χ0v) is 14.7. The minimum atomic E-state index is -0.749. The lowest BCUT2D eigenvalue weighted by molar-refractivity contribution is -0.124. The molecule has 5 nitrogen and oxygen atoms in total. The number of nitrogens with one attached hydrogen (secondary N) is 1. The van der Waals surface area contributed by atoms with Crippen LogP contribution in [0, 0.1) is 13.8 Å². The first kappa shape index (κ1) is 17.2. The zero-order chi connectivity index (χ0) is 18.0. The van der Waals surface area contributed by atoms with E-state index in [1.165, 1.54) is 0 Å². The van der Waals surface area contributed by atoms with Gasteiger partial charge in [-0.1, -0.05) is 36.4 Å². The van der Waals surface area contributed by atoms with E-state index in [4.69, 9.17) is 0 Å². The van der Waals surface area contributed by atoms with Crippen molar-refractivity contribution in [2.45, 2.75) is 32.9 Å². The van der Waals surface area contributed by atoms with Gasteiger partial charge in [-0.05, 0) is 49.2 Å². The predicted molar refractivity (Wildman–Crippen MR) is 98.3 cm³/mol. The molecule has 2 aromatic carbocycles. The molecule has 1 heterocycles. The fraction of sp³-hybridized carbons (Fsp3) is 0.300. The molecule has 0 saturated carbocycles. The van der Waals surface area contributed by atoms with Crippen LogP contribution in [0.25, 0.3) is 10.8 Å². The van der Waals surface area contributed by atoms with Crippen molar-refractivity contribution in [1.29, 1.82) is 0 Å². The summed E-state index contributed by atoms with van der Waals surface area (Å²) in [5.41, 5.74) is 2.61. The first-order valence-electron chi connectivity index (χ1n) is 8.43. The van der Waals surface area contributed by atoms with Crippen molar-refractivity contribution in [3.63, 3.8) is 0 Å². The van der Waals surface area contributed by atoms with E-state index in [2.05, 4.69) is 10.4 Å². The van der Waals surface area contributed by atoms with Gasteiger partial charge in [-0.2, -0.15) is 5.10 Å². The molecular formula is C20H23N3O2. The molecule has 25 heavy (non-hydrogen) atoms. The monoisotopic (exact) mass is 337 g/mol. The Morgan fingerprint density at radius 3 is 2.56 bits per heavy atom. The second-order valence-corrected chi connectivity index (χ2v) is 6.42. The van der Waals surface area contributed by atoms with Crippen molar-refractivity contribution in [3.05, 3.63) is 65.5 Å². The van der Waals surface area contributed by atoms with E-state index in [-0.39, 0.29) is 12.5 Å². The lowest BCUT2D eigenvalue weighted by Crippen LogP contribution is -2.34. The molecule has 0 spiro atoms. The fourth-order valence-corrected chi connectivity index (χ4v) is 3.03. The highest BCUT2D eigenvalue weighted by atomic mass is 16.3. The SMILES string of the molecule is Cc1cc(C)n(C(C)C(=O)NCC(O)c2ccc3ccccc3c2)n1. The number of hydrogen-bond acceptors (Lipinski definition) is 3. The quantitative estimate of drug-likeness (QED) is 0.752. The van der Waals surface area contributed by atoms with Gasteiger partial charge in [0, 0.05) is 12.2 Å². The van der Waals surface area contributed by atoms with Crippen molar-refractivity contribution >= 4 is 16.7 Å². The topological polar surface area (TPSA) is 67.2 Å². The molecule has 2 atom stereocenters. The molecule has 2 N–H and O–H groups in total. The fourth-order valence-electron chi connectivity index (χ4n) is 3.03. The summed E-state index contributed by atoms with van der Waals surface area (Å²) in [5, 5.41) is 19.8. The van der Waals surface area contributed by atoms with Crippen molar-refractivity contribution in [2.75, 3.05) is 6.54 Å². The van der Waals surface area contributed by atoms with E-state index < -0.39 is 12.1 Å². The van der Waals surface area contributed by atoms with Crippen LogP contribution in [0.4, 0.5) is 0 Å². The average molecular weight is 337 g/mol. The number of carbonyl (C=O) groups excluding carboxylic acids is 1. The molecule has 0 radical (unpaired) electrons. The van der Waals surface area contributed by atoms with E-state index >= 15 is 0 Å². The maximum atomic E-state index is 12.4. The Morgan fingerprint density at radius 1 is 1.16 bits per heavy atom. The molecule has 1 amide bonds. The van der Waals surface area contributed by atoms with E-state index in [1.54, 1.807) is 11.6 Å². The smallest absolute Gasteiger partial charge is 0.244 e. The van der Waals surface area contributed by atoms with Crippen LogP contribution in [-0.4, -0.2) is 27.3 Å². The Kier molecular flexibility index (Phi) is 4.86. The Labute approximate surface area is 147 Å². The second kappa shape index (κ2) is 7.07. The predicted octanol–water partition coefficient (Wildman–Crippen LogP) is 3.06. The number of fused-ring (bicyclic) bond motifs is 1. The average Bonchev–Trinajstić information content (AvgIpc) is 2.96. The van der Waals surface area contributed by atoms with E-state index in [0.29, 0.717) is 0 Å². The molecule has 0 aliphatic heterocycles. The highest BCUT2D eigenvalue weighted by Gasteiger charge is 2.19. The minimum Gasteiger partial charge on any atom is -0.387 e. The van der Waals surface area contributed by atoms with Crippen molar-refractivity contribution < 1.29 is 9.90 Å². The van der Waals surface area contributed by atoms with Gasteiger partial charge in [0.15, 0.2) is 0 Å². The second-order valence-electron chi connectivity index (χ2n) is 6.42. The number of nitrogens with zero attached hydrogens (tertiary/aromatic N) is 2. The Balaban J connectivity index is 1.65. The van der Waals surface area contributed by atoms with E-state index in [9.17, 15) is 9.90 Å². The number of amides is 1. The highest BCUT2D eigenvalue weighted by molar-refractivity contribution is 5.83. The lowest BCUT2D eigenvalue weighted by Gasteiger charge is -2.17. The van der Waals surface area contributed by atoms with Gasteiger partial charge in [0.1, 0.15) is 6.04 Å². The number of rotatable bonds is 5. The van der Waals surface area contributed by atoms with Crippen molar-refractivity contribution in [1.82, 2.24) is 15.1 Å². The number of hydrogen-bond donors (Lipinski definition) is 2. The van der Waals surface area contributed by atoms with E-state index in [0.717, 1.165) is 27.7 Å². The molecule has 0 aliphatic carbocycles. The van der Waals surface area contributed by atoms with Gasteiger partial charge in [0.2, 0.25) is 5.91 Å². The molecule has 0 fully saturated rings. The molecule has 0 saturated heterocycles. The van der Waals surface area contributed by atoms with Crippen molar-refractivity contribution in [2.24, 2.45) is 0 Å². The van der Waals surface area contributed by atoms with Gasteiger partial charge in [0.25, 0.3) is 0 Å². The molecular weight excluding hydrogens is 314 g/mol. The standard InChI is InChI=1S/C20H23N3O2/c1-13-10-14(2)23(22-13)15(3)20(25)21-12-19(24)18-9-8-16-6-4-5-7-17(16)11-18/h4-11,15,19,24H,12H2,1-3H3,(H,21,25). The largest absolute Gasteiger partial charge is 0.387 e. The third kappa shape index (κ3) is 3.72. The van der Waals surface area contributed by atoms with Gasteiger partial charge in [0.05, 0.1) is 11.8 Å². The summed E-state index contributed by atoms with van der Waals surface area (Å²) >= 11 is 0. The molecule has 0 bridgehead atoms. The number of aromatic nitrogens is 2. The number of carbonyl (C=O) groups is 1. The number of aliphatic hydroxyl groups excluding tert-OH is 1. The zero-order valence-electron chi connectivity index (χ0n) is 14.7. The first-order chi connectivity index (χ1) is 12.0. The van der Waals surface area contributed by atoms with Crippen LogP contribution in [0.5, 0.6) is 0 Å². The van der Waals surface area contributed by atoms with Crippen LogP contribution >= 0.6 is 0 Å². The summed E-state index contributed by atoms with van der Waals surface area (Å²) < 4.78 is 1.70. The Hall–Kier alpha value is -2.66. The van der Waals surface area contributed by atoms with Crippen LogP contribution in [0.3, 0.4) is 0 Å². The number of benzene rings is 2. The molecule has 130 valence electrons. The van der Waals surface area contributed by atoms with Gasteiger partial charge in [-0.15, -0.1) is 0 Å². The third-order valence-electron chi connectivity index (χ3n) is 4.42. The molecule has 3 aromatic rings. The number of aryl methyl sites for hydroxylation is 2. The molecule has 5 heteroatoms. The van der Waals surface area contributed by atoms with Crippen LogP contribution in [0.1, 0.15) is 36.0 Å². The van der Waals surface area contributed by atoms with Gasteiger partial charge < -0.3 is 10.4 Å². The van der Waals surface area contributed by atoms with Crippen LogP contribution in [-0.2, 0) is 4.79 Å². The highest BCUT2D eigenvalue weighted by Crippen LogP contribution is 2.20. The summed E-state index contributed by atoms with van der Waals surface area (Å²) in [4.78, 5) is 12.4. The number of aliphatic hydroxyl groups is 1. The Bertz CT molecular complexity index is 901. The minimum absolute atomic E-state index is 0.161. The van der Waals surface area contributed by atoms with Crippen LogP contribution in [0.15, 0.2) is 48.5 Å². The van der Waals surface area contributed by atoms with E-state index in [1.807, 2.05) is 62.4 Å². The normalized spacial score (nSPS) is 13.6. The first-order valence-corrected chi connectivity index (χ1v) is 8.43. The maximum absolute atomic E-state index is 12.4. The van der Waals surface area contributed by atoms with Crippen molar-refractivity contribution in [3.8, 4) is 0 Å². The van der Waals surface area contributed by atoms with Crippen LogP contribution < -0.4 is 5.32 Å². The van der Waals surface area contributed by atoms with Gasteiger partial charge >= 0.3 is 0 Å². The van der Waals surface area contributed by atoms with Gasteiger partial charge in [-0.3, -0.25) is 9.48 Å². The van der Waals surface area contributed by atoms with Gasteiger partial charge in [-0.25, -0.2) is 0 Å². The molecule has 0 aliphatic rings. The summed E-state index contributed by atoms with van der Waals surface area (Å²) in [7, 11) is 0. The molecule has 1 aromatic heterocycles. The summed E-state index contributed by atoms with van der Waals surface area (Å²) in [6, 6.07) is 15.3. The maximum Gasteiger partial charge on any atom is 0.244 e. The summed E-state index contributed by atoms with van der Waals surface area (Å²) in [6.45, 7) is 5.79. The summed E-state index contributed by atoms with van der Waals surface area (Å²) in [5.74, 6) is -0.161. The molecule has 3 rings (SSSR count).